The number of amides is 3. The molecule has 0 aromatic heterocycles. The number of nitrogens with one attached hydrogen (secondary N) is 1. The normalized spacial score (nSPS) is 20.5. The lowest BCUT2D eigenvalue weighted by molar-refractivity contribution is -0.132. The molecule has 1 aliphatic heterocycles. The lowest BCUT2D eigenvalue weighted by Gasteiger charge is -2.23. The molecule has 1 fully saturated rings. The van der Waals surface area contributed by atoms with Gasteiger partial charge in [0, 0.05) is 5.56 Å². The molecule has 1 heterocycles. The predicted molar refractivity (Wildman–Crippen MR) is 91.9 cm³/mol. The van der Waals surface area contributed by atoms with Crippen LogP contribution in [0.15, 0.2) is 48.5 Å². The number of aliphatic hydroxyl groups is 1. The number of ether oxygens (including phenoxy) is 1. The molecule has 0 bridgehead atoms. The second kappa shape index (κ2) is 7.32. The summed E-state index contributed by atoms with van der Waals surface area (Å²) in [6.45, 7) is 0.700. The van der Waals surface area contributed by atoms with Crippen molar-refractivity contribution in [3.63, 3.8) is 0 Å². The molecule has 2 aromatic rings. The van der Waals surface area contributed by atoms with Crippen LogP contribution in [0.25, 0.3) is 0 Å². The van der Waals surface area contributed by atoms with E-state index in [1.54, 1.807) is 12.1 Å². The summed E-state index contributed by atoms with van der Waals surface area (Å²) in [6, 6.07) is 10.6. The molecule has 2 N–H and O–H groups in total. The fourth-order valence-corrected chi connectivity index (χ4v) is 2.92. The van der Waals surface area contributed by atoms with Gasteiger partial charge in [-0.25, -0.2) is 13.6 Å². The number of benzene rings is 2. The van der Waals surface area contributed by atoms with Gasteiger partial charge in [-0.3, -0.25) is 9.69 Å². The molecule has 27 heavy (non-hydrogen) atoms. The Morgan fingerprint density at radius 2 is 1.74 bits per heavy atom. The molecule has 0 saturated carbocycles. The smallest absolute Gasteiger partial charge is 0.325 e. The van der Waals surface area contributed by atoms with Gasteiger partial charge in [-0.05, 0) is 25.1 Å². The molecule has 2 aromatic carbocycles. The maximum atomic E-state index is 14.1. The van der Waals surface area contributed by atoms with Gasteiger partial charge in [0.25, 0.3) is 5.91 Å². The van der Waals surface area contributed by atoms with E-state index < -0.39 is 35.2 Å². The number of carbonyl (C=O) groups excluding carboxylic acids is 2. The number of imide groups is 1. The van der Waals surface area contributed by atoms with Crippen molar-refractivity contribution in [2.24, 2.45) is 0 Å². The summed E-state index contributed by atoms with van der Waals surface area (Å²) >= 11 is 0. The largest absolute Gasteiger partial charge is 0.488 e. The lowest BCUT2D eigenvalue weighted by atomic mass is 9.91. The van der Waals surface area contributed by atoms with Crippen LogP contribution in [0.3, 0.4) is 0 Å². The molecule has 3 amide bonds. The average molecular weight is 376 g/mol. The van der Waals surface area contributed by atoms with E-state index in [0.29, 0.717) is 0 Å². The van der Waals surface area contributed by atoms with Crippen molar-refractivity contribution in [3.8, 4) is 5.75 Å². The van der Waals surface area contributed by atoms with Crippen LogP contribution in [0.1, 0.15) is 12.5 Å². The minimum absolute atomic E-state index is 0.0305. The van der Waals surface area contributed by atoms with Gasteiger partial charge in [0.2, 0.25) is 0 Å². The van der Waals surface area contributed by atoms with E-state index in [9.17, 15) is 23.5 Å². The maximum Gasteiger partial charge on any atom is 0.325 e. The van der Waals surface area contributed by atoms with Crippen molar-refractivity contribution in [1.82, 2.24) is 10.2 Å². The van der Waals surface area contributed by atoms with Crippen LogP contribution in [0.4, 0.5) is 13.6 Å². The topological polar surface area (TPSA) is 78.9 Å². The van der Waals surface area contributed by atoms with Crippen molar-refractivity contribution in [1.29, 1.82) is 0 Å². The Bertz CT molecular complexity index is 876. The first-order valence-electron chi connectivity index (χ1n) is 8.27. The van der Waals surface area contributed by atoms with Crippen LogP contribution < -0.4 is 10.1 Å². The van der Waals surface area contributed by atoms with Crippen LogP contribution in [0, 0.1) is 11.6 Å². The van der Waals surface area contributed by atoms with Gasteiger partial charge in [-0.2, -0.15) is 0 Å². The number of urea groups is 1. The Kier molecular flexibility index (Phi) is 5.09. The monoisotopic (exact) mass is 376 g/mol. The minimum atomic E-state index is -1.57. The summed E-state index contributed by atoms with van der Waals surface area (Å²) in [7, 11) is 0. The number of hydrogen-bond donors (Lipinski definition) is 2. The summed E-state index contributed by atoms with van der Waals surface area (Å²) in [6.07, 6.45) is -1.25. The number of para-hydroxylation sites is 1. The summed E-state index contributed by atoms with van der Waals surface area (Å²) in [5.41, 5.74) is -1.54. The van der Waals surface area contributed by atoms with Gasteiger partial charge in [0.15, 0.2) is 11.6 Å². The highest BCUT2D eigenvalue weighted by Crippen LogP contribution is 2.30. The van der Waals surface area contributed by atoms with Crippen molar-refractivity contribution < 1.29 is 28.2 Å². The van der Waals surface area contributed by atoms with Crippen molar-refractivity contribution in [2.75, 3.05) is 13.2 Å². The molecule has 0 radical (unpaired) electrons. The third-order valence-electron chi connectivity index (χ3n) is 4.35. The summed E-state index contributed by atoms with van der Waals surface area (Å²) in [5.74, 6) is -1.96. The molecular formula is C19H18F2N2O4. The molecule has 2 atom stereocenters. The molecule has 3 rings (SSSR count). The van der Waals surface area contributed by atoms with E-state index >= 15 is 0 Å². The first-order valence-corrected chi connectivity index (χ1v) is 8.27. The highest BCUT2D eigenvalue weighted by molar-refractivity contribution is 6.07. The number of halogens is 2. The van der Waals surface area contributed by atoms with Crippen molar-refractivity contribution >= 4 is 11.9 Å². The van der Waals surface area contributed by atoms with E-state index in [-0.39, 0.29) is 24.5 Å². The van der Waals surface area contributed by atoms with E-state index in [4.69, 9.17) is 4.74 Å². The van der Waals surface area contributed by atoms with Crippen LogP contribution in [0.2, 0.25) is 0 Å². The SMILES string of the molecule is C[C@]1(c2ccccc2F)NC(=O)N(C[C@@H](O)COc2ccccc2F)C1=O. The fourth-order valence-electron chi connectivity index (χ4n) is 2.92. The Morgan fingerprint density at radius 1 is 1.11 bits per heavy atom. The predicted octanol–water partition coefficient (Wildman–Crippen LogP) is 2.17. The standard InChI is InChI=1S/C19H18F2N2O4/c1-19(13-6-2-3-7-14(13)20)17(25)23(18(26)22-19)10-12(24)11-27-16-9-5-4-8-15(16)21/h2-9,12,24H,10-11H2,1H3,(H,22,26)/t12-,19-/m1/s1. The lowest BCUT2D eigenvalue weighted by Crippen LogP contribution is -2.43. The second-order valence-corrected chi connectivity index (χ2v) is 6.35. The van der Waals surface area contributed by atoms with Gasteiger partial charge >= 0.3 is 6.03 Å². The van der Waals surface area contributed by atoms with E-state index in [1.165, 1.54) is 43.3 Å². The summed E-state index contributed by atoms with van der Waals surface area (Å²) in [5, 5.41) is 12.6. The first kappa shape index (κ1) is 18.8. The van der Waals surface area contributed by atoms with Crippen molar-refractivity contribution in [3.05, 3.63) is 65.7 Å². The molecule has 8 heteroatoms. The zero-order chi connectivity index (χ0) is 19.6. The van der Waals surface area contributed by atoms with Gasteiger partial charge in [0.05, 0.1) is 6.54 Å². The number of carbonyl (C=O) groups is 2. The maximum absolute atomic E-state index is 14.1. The first-order chi connectivity index (χ1) is 12.8. The zero-order valence-corrected chi connectivity index (χ0v) is 14.5. The molecule has 0 unspecified atom stereocenters. The zero-order valence-electron chi connectivity index (χ0n) is 14.5. The average Bonchev–Trinajstić information content (AvgIpc) is 2.85. The highest BCUT2D eigenvalue weighted by Gasteiger charge is 2.50. The Balaban J connectivity index is 1.69. The van der Waals surface area contributed by atoms with Crippen LogP contribution in [0.5, 0.6) is 5.75 Å². The summed E-state index contributed by atoms with van der Waals surface area (Å²) < 4.78 is 32.8. The minimum Gasteiger partial charge on any atom is -0.488 e. The molecule has 0 aliphatic carbocycles. The Hall–Kier alpha value is -3.00. The number of rotatable bonds is 6. The molecule has 0 spiro atoms. The molecular weight excluding hydrogens is 358 g/mol. The molecule has 1 aliphatic rings. The van der Waals surface area contributed by atoms with Crippen LogP contribution in [-0.2, 0) is 10.3 Å². The molecule has 6 nitrogen and oxygen atoms in total. The van der Waals surface area contributed by atoms with Crippen LogP contribution >= 0.6 is 0 Å². The number of β-amino-alcohol motifs (C(OH)–C–C–N with tert-alkyl or cyclic N) is 1. The van der Waals surface area contributed by atoms with E-state index in [1.807, 2.05) is 0 Å². The van der Waals surface area contributed by atoms with E-state index in [0.717, 1.165) is 4.90 Å². The molecule has 142 valence electrons. The van der Waals surface area contributed by atoms with Gasteiger partial charge < -0.3 is 15.2 Å². The van der Waals surface area contributed by atoms with Gasteiger partial charge in [-0.1, -0.05) is 30.3 Å². The number of hydrogen-bond acceptors (Lipinski definition) is 4. The van der Waals surface area contributed by atoms with Crippen LogP contribution in [-0.4, -0.2) is 41.2 Å². The summed E-state index contributed by atoms with van der Waals surface area (Å²) in [4.78, 5) is 25.7. The number of aliphatic hydroxyl groups excluding tert-OH is 1. The Morgan fingerprint density at radius 3 is 2.41 bits per heavy atom. The second-order valence-electron chi connectivity index (χ2n) is 6.35. The number of nitrogens with zero attached hydrogens (tertiary/aromatic N) is 1. The highest BCUT2D eigenvalue weighted by atomic mass is 19.1. The molecule has 1 saturated heterocycles. The fraction of sp³-hybridized carbons (Fsp3) is 0.263. The third kappa shape index (κ3) is 3.61. The Labute approximate surface area is 154 Å². The van der Waals surface area contributed by atoms with E-state index in [2.05, 4.69) is 5.32 Å². The quantitative estimate of drug-likeness (QED) is 0.758. The van der Waals surface area contributed by atoms with Gasteiger partial charge in [0.1, 0.15) is 24.1 Å². The third-order valence-corrected chi connectivity index (χ3v) is 4.35. The van der Waals surface area contributed by atoms with Gasteiger partial charge in [-0.15, -0.1) is 0 Å². The van der Waals surface area contributed by atoms with Crippen molar-refractivity contribution in [2.45, 2.75) is 18.6 Å².